The molecule has 0 atom stereocenters. The molecular formula is C17H17ClN2O4S. The molecule has 1 aliphatic carbocycles. The molecular weight excluding hydrogens is 364 g/mol. The summed E-state index contributed by atoms with van der Waals surface area (Å²) < 4.78 is 24.0. The Bertz CT molecular complexity index is 909. The highest BCUT2D eigenvalue weighted by molar-refractivity contribution is 7.90. The molecule has 0 radical (unpaired) electrons. The molecule has 1 aliphatic rings. The summed E-state index contributed by atoms with van der Waals surface area (Å²) in [5.74, 6) is 0. The van der Waals surface area contributed by atoms with Crippen molar-refractivity contribution >= 4 is 32.8 Å². The largest absolute Gasteiger partial charge is 0.364 e. The van der Waals surface area contributed by atoms with Crippen LogP contribution >= 0.6 is 11.6 Å². The number of hydrogen-bond donors (Lipinski definition) is 0. The molecule has 132 valence electrons. The zero-order chi connectivity index (χ0) is 18.2. The molecule has 0 spiro atoms. The molecule has 2 aromatic carbocycles. The monoisotopic (exact) mass is 380 g/mol. The third-order valence-electron chi connectivity index (χ3n) is 4.13. The lowest BCUT2D eigenvalue weighted by Gasteiger charge is -2.25. The first-order chi connectivity index (χ1) is 11.8. The topological polar surface area (TPSA) is 80.5 Å². The Labute approximate surface area is 151 Å². The van der Waals surface area contributed by atoms with Crippen molar-refractivity contribution < 1.29 is 13.3 Å². The summed E-state index contributed by atoms with van der Waals surface area (Å²) in [6.45, 7) is 0.586. The zero-order valence-electron chi connectivity index (χ0n) is 13.6. The molecule has 0 bridgehead atoms. The average Bonchev–Trinajstić information content (AvgIpc) is 3.37. The maximum absolute atomic E-state index is 12.0. The molecule has 3 rings (SSSR count). The van der Waals surface area contributed by atoms with E-state index in [0.717, 1.165) is 24.7 Å². The quantitative estimate of drug-likeness (QED) is 0.562. The summed E-state index contributed by atoms with van der Waals surface area (Å²) in [6.07, 6.45) is 3.01. The molecule has 1 fully saturated rings. The fraction of sp³-hybridized carbons (Fsp3) is 0.294. The number of halogens is 1. The van der Waals surface area contributed by atoms with Gasteiger partial charge in [0.2, 0.25) is 0 Å². The van der Waals surface area contributed by atoms with Crippen LogP contribution in [0.4, 0.5) is 11.4 Å². The first-order valence-electron chi connectivity index (χ1n) is 7.75. The number of anilines is 1. The smallest absolute Gasteiger partial charge is 0.288 e. The molecule has 1 saturated carbocycles. The average molecular weight is 381 g/mol. The molecule has 0 aliphatic heterocycles. The van der Waals surface area contributed by atoms with Crippen LogP contribution in [0.5, 0.6) is 0 Å². The minimum Gasteiger partial charge on any atom is -0.364 e. The lowest BCUT2D eigenvalue weighted by Crippen LogP contribution is -2.25. The summed E-state index contributed by atoms with van der Waals surface area (Å²) in [5, 5.41) is 11.8. The summed E-state index contributed by atoms with van der Waals surface area (Å²) in [7, 11) is -3.70. The lowest BCUT2D eigenvalue weighted by atomic mass is 10.2. The van der Waals surface area contributed by atoms with Crippen LogP contribution in [0.3, 0.4) is 0 Å². The Hall–Kier alpha value is -2.12. The predicted octanol–water partition coefficient (Wildman–Crippen LogP) is 3.82. The Morgan fingerprint density at radius 3 is 2.36 bits per heavy atom. The van der Waals surface area contributed by atoms with Crippen molar-refractivity contribution in [2.45, 2.75) is 30.3 Å². The highest BCUT2D eigenvalue weighted by Crippen LogP contribution is 2.36. The second-order valence-corrected chi connectivity index (χ2v) is 8.59. The summed E-state index contributed by atoms with van der Waals surface area (Å²) >= 11 is 5.91. The van der Waals surface area contributed by atoms with E-state index in [1.54, 1.807) is 18.2 Å². The van der Waals surface area contributed by atoms with Crippen molar-refractivity contribution in [1.29, 1.82) is 0 Å². The number of rotatable bonds is 6. The van der Waals surface area contributed by atoms with E-state index in [9.17, 15) is 18.5 Å². The third kappa shape index (κ3) is 4.11. The van der Waals surface area contributed by atoms with E-state index >= 15 is 0 Å². The van der Waals surface area contributed by atoms with Gasteiger partial charge in [0.1, 0.15) is 4.90 Å². The van der Waals surface area contributed by atoms with Crippen molar-refractivity contribution in [2.75, 3.05) is 11.2 Å². The maximum Gasteiger partial charge on any atom is 0.288 e. The van der Waals surface area contributed by atoms with Crippen LogP contribution in [0.15, 0.2) is 47.4 Å². The standard InChI is InChI=1S/C17H17ClN2O4S/c1-25(23,24)17-10-15(8-9-16(17)20(21)22)19(14-6-7-14)11-12-2-4-13(18)5-3-12/h2-5,8-10,14H,6-7,11H2,1H3. The lowest BCUT2D eigenvalue weighted by molar-refractivity contribution is -0.387. The van der Waals surface area contributed by atoms with Crippen LogP contribution in [0, 0.1) is 10.1 Å². The van der Waals surface area contributed by atoms with E-state index < -0.39 is 20.4 Å². The van der Waals surface area contributed by atoms with E-state index in [0.29, 0.717) is 23.3 Å². The highest BCUT2D eigenvalue weighted by atomic mass is 35.5. The van der Waals surface area contributed by atoms with Gasteiger partial charge in [-0.1, -0.05) is 23.7 Å². The number of sulfone groups is 1. The normalized spacial score (nSPS) is 14.3. The van der Waals surface area contributed by atoms with Crippen LogP contribution in [-0.4, -0.2) is 25.6 Å². The SMILES string of the molecule is CS(=O)(=O)c1cc(N(Cc2ccc(Cl)cc2)C2CC2)ccc1[N+](=O)[O-]. The molecule has 0 saturated heterocycles. The van der Waals surface area contributed by atoms with Gasteiger partial charge in [0.15, 0.2) is 9.84 Å². The Morgan fingerprint density at radius 2 is 1.84 bits per heavy atom. The van der Waals surface area contributed by atoms with E-state index in [-0.39, 0.29) is 4.90 Å². The summed E-state index contributed by atoms with van der Waals surface area (Å²) in [5.41, 5.74) is 1.31. The van der Waals surface area contributed by atoms with Gasteiger partial charge in [-0.25, -0.2) is 8.42 Å². The fourth-order valence-electron chi connectivity index (χ4n) is 2.73. The van der Waals surface area contributed by atoms with Crippen molar-refractivity contribution in [3.05, 3.63) is 63.2 Å². The minimum absolute atomic E-state index is 0.253. The van der Waals surface area contributed by atoms with Gasteiger partial charge in [-0.05, 0) is 42.7 Å². The van der Waals surface area contributed by atoms with Gasteiger partial charge >= 0.3 is 0 Å². The molecule has 2 aromatic rings. The number of benzene rings is 2. The number of nitrogens with zero attached hydrogens (tertiary/aromatic N) is 2. The van der Waals surface area contributed by atoms with Gasteiger partial charge in [0.25, 0.3) is 5.69 Å². The number of nitro groups is 1. The van der Waals surface area contributed by atoms with Crippen molar-refractivity contribution in [3.63, 3.8) is 0 Å². The number of nitro benzene ring substituents is 1. The summed E-state index contributed by atoms with van der Waals surface area (Å²) in [4.78, 5) is 12.3. The van der Waals surface area contributed by atoms with E-state index in [4.69, 9.17) is 11.6 Å². The third-order valence-corrected chi connectivity index (χ3v) is 5.50. The van der Waals surface area contributed by atoms with Gasteiger partial charge in [-0.15, -0.1) is 0 Å². The molecule has 0 unspecified atom stereocenters. The van der Waals surface area contributed by atoms with Crippen molar-refractivity contribution in [2.24, 2.45) is 0 Å². The van der Waals surface area contributed by atoms with Crippen LogP contribution in [0.1, 0.15) is 18.4 Å². The van der Waals surface area contributed by atoms with Crippen molar-refractivity contribution in [1.82, 2.24) is 0 Å². The van der Waals surface area contributed by atoms with Crippen LogP contribution in [0.2, 0.25) is 5.02 Å². The fourth-order valence-corrected chi connectivity index (χ4v) is 3.72. The predicted molar refractivity (Wildman–Crippen MR) is 96.9 cm³/mol. The summed E-state index contributed by atoms with van der Waals surface area (Å²) in [6, 6.07) is 12.0. The zero-order valence-corrected chi connectivity index (χ0v) is 15.1. The minimum atomic E-state index is -3.70. The molecule has 0 aromatic heterocycles. The van der Waals surface area contributed by atoms with Crippen LogP contribution < -0.4 is 4.90 Å². The second-order valence-electron chi connectivity index (χ2n) is 6.17. The Morgan fingerprint density at radius 1 is 1.20 bits per heavy atom. The molecule has 0 heterocycles. The van der Waals surface area contributed by atoms with E-state index in [1.165, 1.54) is 12.1 Å². The van der Waals surface area contributed by atoms with Crippen LogP contribution in [-0.2, 0) is 16.4 Å². The first-order valence-corrected chi connectivity index (χ1v) is 10.0. The second kappa shape index (κ2) is 6.65. The van der Waals surface area contributed by atoms with E-state index in [2.05, 4.69) is 4.90 Å². The highest BCUT2D eigenvalue weighted by Gasteiger charge is 2.31. The van der Waals surface area contributed by atoms with E-state index in [1.807, 2.05) is 12.1 Å². The molecule has 0 N–H and O–H groups in total. The van der Waals surface area contributed by atoms with Gasteiger partial charge in [-0.3, -0.25) is 10.1 Å². The van der Waals surface area contributed by atoms with Gasteiger partial charge in [0.05, 0.1) is 4.92 Å². The van der Waals surface area contributed by atoms with Crippen molar-refractivity contribution in [3.8, 4) is 0 Å². The van der Waals surface area contributed by atoms with Gasteiger partial charge < -0.3 is 4.90 Å². The molecule has 0 amide bonds. The maximum atomic E-state index is 12.0. The Kier molecular flexibility index (Phi) is 4.71. The van der Waals surface area contributed by atoms with Gasteiger partial charge in [0, 0.05) is 35.6 Å². The Balaban J connectivity index is 1.99. The van der Waals surface area contributed by atoms with Gasteiger partial charge in [-0.2, -0.15) is 0 Å². The number of hydrogen-bond acceptors (Lipinski definition) is 5. The molecule has 25 heavy (non-hydrogen) atoms. The molecule has 8 heteroatoms. The van der Waals surface area contributed by atoms with Crippen LogP contribution in [0.25, 0.3) is 0 Å². The first kappa shape index (κ1) is 17.7. The molecule has 6 nitrogen and oxygen atoms in total.